The third kappa shape index (κ3) is 4.86. The predicted octanol–water partition coefficient (Wildman–Crippen LogP) is 3.69. The largest absolute Gasteiger partial charge is 0.506 e. The number of phenolic OH excluding ortho intramolecular Hbond substituents is 1. The Labute approximate surface area is 180 Å². The van der Waals surface area contributed by atoms with Crippen molar-refractivity contribution in [2.45, 2.75) is 6.42 Å². The minimum atomic E-state index is -0.110. The van der Waals surface area contributed by atoms with Crippen LogP contribution in [0.2, 0.25) is 0 Å². The van der Waals surface area contributed by atoms with Crippen LogP contribution in [-0.4, -0.2) is 27.5 Å². The number of hydrogen-bond donors (Lipinski definition) is 4. The summed E-state index contributed by atoms with van der Waals surface area (Å²) in [7, 11) is 0. The second kappa shape index (κ2) is 8.82. The predicted molar refractivity (Wildman–Crippen MR) is 122 cm³/mol. The van der Waals surface area contributed by atoms with Gasteiger partial charge in [0.05, 0.1) is 17.7 Å². The molecule has 0 unspecified atom stereocenters. The Morgan fingerprint density at radius 1 is 1.23 bits per heavy atom. The maximum Gasteiger partial charge on any atom is 0.231 e. The highest BCUT2D eigenvalue weighted by Crippen LogP contribution is 2.31. The number of carbonyl (C=O) groups is 1. The molecular formula is C21H17N5O2S2. The number of benzene rings is 2. The molecule has 0 saturated heterocycles. The molecule has 0 spiro atoms. The fourth-order valence-electron chi connectivity index (χ4n) is 2.78. The van der Waals surface area contributed by atoms with Crippen molar-refractivity contribution >= 4 is 55.3 Å². The van der Waals surface area contributed by atoms with Crippen LogP contribution in [0.1, 0.15) is 10.6 Å². The second-order valence-electron chi connectivity index (χ2n) is 6.28. The van der Waals surface area contributed by atoms with Crippen LogP contribution >= 0.6 is 22.7 Å². The topological polar surface area (TPSA) is 113 Å². The lowest BCUT2D eigenvalue weighted by Crippen LogP contribution is -2.14. The number of fused-ring (bicyclic) bond motifs is 1. The van der Waals surface area contributed by atoms with Gasteiger partial charge in [0.15, 0.2) is 5.13 Å². The summed E-state index contributed by atoms with van der Waals surface area (Å²) in [6, 6.07) is 10.9. The fraction of sp³-hybridized carbons (Fsp3) is 0.0952. The lowest BCUT2D eigenvalue weighted by molar-refractivity contribution is -0.115. The minimum Gasteiger partial charge on any atom is -0.506 e. The van der Waals surface area contributed by atoms with Gasteiger partial charge in [-0.15, -0.1) is 11.3 Å². The van der Waals surface area contributed by atoms with Gasteiger partial charge in [0.1, 0.15) is 16.3 Å². The van der Waals surface area contributed by atoms with E-state index in [1.807, 2.05) is 35.7 Å². The number of thiazole rings is 2. The zero-order chi connectivity index (χ0) is 20.9. The zero-order valence-electron chi connectivity index (χ0n) is 15.7. The summed E-state index contributed by atoms with van der Waals surface area (Å²) in [4.78, 5) is 20.3. The van der Waals surface area contributed by atoms with Gasteiger partial charge in [-0.3, -0.25) is 4.79 Å². The number of aromatic hydroxyl groups is 1. The van der Waals surface area contributed by atoms with Crippen LogP contribution in [0.4, 0.5) is 16.5 Å². The second-order valence-corrected chi connectivity index (χ2v) is 8.32. The SMILES string of the molecule is Nc1nc2c(O)cc(C#CCNc3cccc(NC(=O)Cc4nccs4)c3)cc2s1. The number of phenols is 1. The minimum absolute atomic E-state index is 0.0684. The molecule has 150 valence electrons. The van der Waals surface area contributed by atoms with Crippen molar-refractivity contribution in [3.8, 4) is 17.6 Å². The molecule has 2 aromatic heterocycles. The number of aromatic nitrogens is 2. The van der Waals surface area contributed by atoms with E-state index in [2.05, 4.69) is 32.4 Å². The Morgan fingerprint density at radius 2 is 2.10 bits per heavy atom. The number of rotatable bonds is 5. The maximum absolute atomic E-state index is 12.1. The molecule has 2 aromatic carbocycles. The van der Waals surface area contributed by atoms with Gasteiger partial charge in [0.25, 0.3) is 0 Å². The Kier molecular flexibility index (Phi) is 5.79. The summed E-state index contributed by atoms with van der Waals surface area (Å²) in [6.45, 7) is 0.403. The van der Waals surface area contributed by atoms with Crippen molar-refractivity contribution in [3.63, 3.8) is 0 Å². The van der Waals surface area contributed by atoms with E-state index in [1.165, 1.54) is 22.7 Å². The molecule has 0 aliphatic carbocycles. The van der Waals surface area contributed by atoms with E-state index in [0.717, 1.165) is 15.4 Å². The van der Waals surface area contributed by atoms with Crippen molar-refractivity contribution in [1.82, 2.24) is 9.97 Å². The van der Waals surface area contributed by atoms with Crippen LogP contribution in [0.5, 0.6) is 5.75 Å². The Bertz CT molecular complexity index is 1260. The molecule has 0 aliphatic heterocycles. The fourth-order valence-corrected chi connectivity index (χ4v) is 4.19. The van der Waals surface area contributed by atoms with Gasteiger partial charge in [0.2, 0.25) is 5.91 Å². The summed E-state index contributed by atoms with van der Waals surface area (Å²) in [5.41, 5.74) is 8.42. The molecule has 9 heteroatoms. The van der Waals surface area contributed by atoms with Crippen molar-refractivity contribution in [2.75, 3.05) is 22.9 Å². The van der Waals surface area contributed by atoms with Gasteiger partial charge in [-0.25, -0.2) is 9.97 Å². The van der Waals surface area contributed by atoms with E-state index >= 15 is 0 Å². The number of nitrogens with one attached hydrogen (secondary N) is 2. The summed E-state index contributed by atoms with van der Waals surface area (Å²) in [5, 5.41) is 19.2. The molecule has 0 aliphatic rings. The van der Waals surface area contributed by atoms with Crippen LogP contribution in [0.25, 0.3) is 10.2 Å². The number of carbonyl (C=O) groups excluding carboxylic acids is 1. The molecule has 0 atom stereocenters. The number of nitrogen functional groups attached to an aromatic ring is 1. The van der Waals surface area contributed by atoms with E-state index in [1.54, 1.807) is 12.3 Å². The smallest absolute Gasteiger partial charge is 0.231 e. The summed E-state index contributed by atoms with van der Waals surface area (Å²) in [5.74, 6) is 6.00. The quantitative estimate of drug-likeness (QED) is 0.356. The molecule has 5 N–H and O–H groups in total. The first-order valence-electron chi connectivity index (χ1n) is 8.97. The van der Waals surface area contributed by atoms with Crippen molar-refractivity contribution in [1.29, 1.82) is 0 Å². The number of anilines is 3. The molecule has 0 fully saturated rings. The molecular weight excluding hydrogens is 418 g/mol. The van der Waals surface area contributed by atoms with E-state index in [9.17, 15) is 9.90 Å². The molecule has 7 nitrogen and oxygen atoms in total. The molecule has 0 saturated carbocycles. The van der Waals surface area contributed by atoms with Crippen LogP contribution in [0, 0.1) is 11.8 Å². The summed E-state index contributed by atoms with van der Waals surface area (Å²) < 4.78 is 0.797. The van der Waals surface area contributed by atoms with E-state index < -0.39 is 0 Å². The lowest BCUT2D eigenvalue weighted by Gasteiger charge is -2.07. The number of hydrogen-bond acceptors (Lipinski definition) is 8. The van der Waals surface area contributed by atoms with Gasteiger partial charge in [-0.05, 0) is 30.3 Å². The third-order valence-electron chi connectivity index (χ3n) is 4.05. The summed E-state index contributed by atoms with van der Waals surface area (Å²) in [6.07, 6.45) is 1.94. The average molecular weight is 436 g/mol. The van der Waals surface area contributed by atoms with E-state index in [4.69, 9.17) is 5.73 Å². The molecule has 30 heavy (non-hydrogen) atoms. The first-order valence-corrected chi connectivity index (χ1v) is 10.7. The average Bonchev–Trinajstić information content (AvgIpc) is 3.34. The molecule has 1 amide bonds. The van der Waals surface area contributed by atoms with Gasteiger partial charge in [0, 0.05) is 28.5 Å². The van der Waals surface area contributed by atoms with Crippen LogP contribution in [-0.2, 0) is 11.2 Å². The first kappa shape index (κ1) is 19.7. The molecule has 0 bridgehead atoms. The lowest BCUT2D eigenvalue weighted by atomic mass is 10.2. The van der Waals surface area contributed by atoms with Crippen LogP contribution < -0.4 is 16.4 Å². The van der Waals surface area contributed by atoms with Gasteiger partial charge in [-0.2, -0.15) is 0 Å². The maximum atomic E-state index is 12.1. The first-order chi connectivity index (χ1) is 14.6. The molecule has 2 heterocycles. The van der Waals surface area contributed by atoms with Gasteiger partial charge >= 0.3 is 0 Å². The number of amides is 1. The standard InChI is InChI=1S/C21H17N5O2S2/c22-21-26-20-16(27)9-13(10-17(20)30-21)3-2-6-23-14-4-1-5-15(11-14)25-18(28)12-19-24-7-8-29-19/h1,4-5,7-11,23,27H,6,12H2,(H2,22,26)(H,25,28). The molecule has 0 radical (unpaired) electrons. The van der Waals surface area contributed by atoms with E-state index in [-0.39, 0.29) is 18.1 Å². The zero-order valence-corrected chi connectivity index (χ0v) is 17.3. The monoisotopic (exact) mass is 435 g/mol. The highest BCUT2D eigenvalue weighted by molar-refractivity contribution is 7.22. The normalized spacial score (nSPS) is 10.4. The van der Waals surface area contributed by atoms with Crippen LogP contribution in [0.3, 0.4) is 0 Å². The Balaban J connectivity index is 1.36. The summed E-state index contributed by atoms with van der Waals surface area (Å²) >= 11 is 2.76. The highest BCUT2D eigenvalue weighted by Gasteiger charge is 2.08. The number of nitrogens with two attached hydrogens (primary N) is 1. The Morgan fingerprint density at radius 3 is 2.93 bits per heavy atom. The van der Waals surface area contributed by atoms with Crippen molar-refractivity contribution < 1.29 is 9.90 Å². The van der Waals surface area contributed by atoms with Crippen LogP contribution in [0.15, 0.2) is 48.0 Å². The van der Waals surface area contributed by atoms with Gasteiger partial charge < -0.3 is 21.5 Å². The molecule has 4 aromatic rings. The third-order valence-corrected chi connectivity index (χ3v) is 5.66. The highest BCUT2D eigenvalue weighted by atomic mass is 32.1. The molecule has 4 rings (SSSR count). The van der Waals surface area contributed by atoms with E-state index in [0.29, 0.717) is 28.4 Å². The Hall–Kier alpha value is -3.61. The van der Waals surface area contributed by atoms with Crippen molar-refractivity contribution in [2.24, 2.45) is 0 Å². The van der Waals surface area contributed by atoms with Crippen molar-refractivity contribution in [3.05, 3.63) is 58.5 Å². The number of nitrogens with zero attached hydrogens (tertiary/aromatic N) is 2. The van der Waals surface area contributed by atoms with Gasteiger partial charge in [-0.1, -0.05) is 29.2 Å².